The van der Waals surface area contributed by atoms with Crippen LogP contribution in [0.15, 0.2) is 42.6 Å². The molecule has 1 aromatic carbocycles. The first kappa shape index (κ1) is 16.8. The number of aromatic nitrogens is 1. The summed E-state index contributed by atoms with van der Waals surface area (Å²) in [6.45, 7) is 7.54. The first-order valence-electron chi connectivity index (χ1n) is 7.46. The quantitative estimate of drug-likeness (QED) is 0.929. The van der Waals surface area contributed by atoms with Gasteiger partial charge in [0.2, 0.25) is 0 Å². The number of nitrogens with zero attached hydrogens (tertiary/aromatic N) is 2. The third-order valence-electron chi connectivity index (χ3n) is 3.11. The third-order valence-corrected chi connectivity index (χ3v) is 3.11. The highest BCUT2D eigenvalue weighted by molar-refractivity contribution is 5.86. The molecule has 0 saturated heterocycles. The molecule has 1 N–H and O–H groups in total. The highest BCUT2D eigenvalue weighted by Gasteiger charge is 2.25. The van der Waals surface area contributed by atoms with Crippen molar-refractivity contribution in [3.63, 3.8) is 0 Å². The molecule has 122 valence electrons. The summed E-state index contributed by atoms with van der Waals surface area (Å²) in [5, 5.41) is 9.98. The maximum atomic E-state index is 12.6. The van der Waals surface area contributed by atoms with E-state index >= 15 is 0 Å². The molecule has 2 rings (SSSR count). The number of amides is 1. The summed E-state index contributed by atoms with van der Waals surface area (Å²) in [6, 6.07) is 10.6. The van der Waals surface area contributed by atoms with Gasteiger partial charge in [0.15, 0.2) is 0 Å². The van der Waals surface area contributed by atoms with Crippen molar-refractivity contribution in [1.82, 2.24) is 4.98 Å². The number of phenolic OH excluding ortho intramolecular Hbond substituents is 1. The lowest BCUT2D eigenvalue weighted by Crippen LogP contribution is -2.37. The van der Waals surface area contributed by atoms with E-state index in [0.29, 0.717) is 11.4 Å². The lowest BCUT2D eigenvalue weighted by molar-refractivity contribution is 0.0576. The Kier molecular flexibility index (Phi) is 4.89. The zero-order valence-corrected chi connectivity index (χ0v) is 13.9. The van der Waals surface area contributed by atoms with Crippen LogP contribution >= 0.6 is 0 Å². The Bertz CT molecular complexity index is 693. The average molecular weight is 314 g/mol. The number of hydrogen-bond acceptors (Lipinski definition) is 4. The van der Waals surface area contributed by atoms with Gasteiger partial charge in [-0.15, -0.1) is 0 Å². The molecule has 1 amide bonds. The van der Waals surface area contributed by atoms with E-state index in [0.717, 1.165) is 5.56 Å². The van der Waals surface area contributed by atoms with Gasteiger partial charge in [-0.05, 0) is 51.5 Å². The van der Waals surface area contributed by atoms with Crippen LogP contribution in [0.4, 0.5) is 10.6 Å². The molecule has 1 heterocycles. The van der Waals surface area contributed by atoms with Gasteiger partial charge in [0.25, 0.3) is 0 Å². The van der Waals surface area contributed by atoms with E-state index in [2.05, 4.69) is 4.98 Å². The fraction of sp³-hybridized carbons (Fsp3) is 0.333. The summed E-state index contributed by atoms with van der Waals surface area (Å²) in [7, 11) is 0. The normalized spacial score (nSPS) is 11.1. The molecule has 0 unspecified atom stereocenters. The lowest BCUT2D eigenvalue weighted by atomic mass is 10.2. The summed E-state index contributed by atoms with van der Waals surface area (Å²) in [6.07, 6.45) is 1.14. The number of hydrogen-bond donors (Lipinski definition) is 1. The monoisotopic (exact) mass is 314 g/mol. The van der Waals surface area contributed by atoms with Crippen LogP contribution in [0.2, 0.25) is 0 Å². The Labute approximate surface area is 136 Å². The summed E-state index contributed by atoms with van der Waals surface area (Å²) < 4.78 is 5.47. The van der Waals surface area contributed by atoms with Crippen molar-refractivity contribution in [2.24, 2.45) is 0 Å². The van der Waals surface area contributed by atoms with Crippen LogP contribution in [-0.4, -0.2) is 21.8 Å². The Morgan fingerprint density at radius 2 is 1.96 bits per heavy atom. The maximum Gasteiger partial charge on any atom is 0.416 e. The van der Waals surface area contributed by atoms with Gasteiger partial charge in [-0.25, -0.2) is 9.78 Å². The van der Waals surface area contributed by atoms with Crippen LogP contribution in [0, 0.1) is 6.92 Å². The second-order valence-electron chi connectivity index (χ2n) is 6.39. The number of anilines is 1. The van der Waals surface area contributed by atoms with Crippen LogP contribution in [-0.2, 0) is 11.3 Å². The van der Waals surface area contributed by atoms with Gasteiger partial charge in [-0.1, -0.05) is 18.2 Å². The Morgan fingerprint density at radius 3 is 2.57 bits per heavy atom. The molecule has 0 aliphatic carbocycles. The number of phenols is 1. The summed E-state index contributed by atoms with van der Waals surface area (Å²) in [5.41, 5.74) is 1.00. The molecule has 0 atom stereocenters. The van der Waals surface area contributed by atoms with E-state index in [1.807, 2.05) is 45.9 Å². The Hall–Kier alpha value is -2.56. The van der Waals surface area contributed by atoms with Crippen LogP contribution in [0.25, 0.3) is 0 Å². The van der Waals surface area contributed by atoms with E-state index in [4.69, 9.17) is 4.74 Å². The van der Waals surface area contributed by atoms with Gasteiger partial charge < -0.3 is 9.84 Å². The molecular weight excluding hydrogens is 292 g/mol. The van der Waals surface area contributed by atoms with Gasteiger partial charge in [0, 0.05) is 11.8 Å². The number of carbonyl (C=O) groups excluding carboxylic acids is 1. The third kappa shape index (κ3) is 4.71. The predicted octanol–water partition coefficient (Wildman–Crippen LogP) is 4.04. The number of carbonyl (C=O) groups is 1. The first-order chi connectivity index (χ1) is 10.8. The minimum absolute atomic E-state index is 0.133. The Morgan fingerprint density at radius 1 is 1.26 bits per heavy atom. The van der Waals surface area contributed by atoms with Crippen molar-refractivity contribution in [3.8, 4) is 5.75 Å². The van der Waals surface area contributed by atoms with Crippen molar-refractivity contribution < 1.29 is 14.6 Å². The largest absolute Gasteiger partial charge is 0.508 e. The van der Waals surface area contributed by atoms with Gasteiger partial charge in [-0.3, -0.25) is 4.90 Å². The van der Waals surface area contributed by atoms with E-state index in [1.54, 1.807) is 24.4 Å². The molecule has 0 spiro atoms. The van der Waals surface area contributed by atoms with Crippen molar-refractivity contribution in [3.05, 3.63) is 53.7 Å². The van der Waals surface area contributed by atoms with Crippen LogP contribution < -0.4 is 4.90 Å². The van der Waals surface area contributed by atoms with E-state index < -0.39 is 11.7 Å². The van der Waals surface area contributed by atoms with Crippen LogP contribution in [0.3, 0.4) is 0 Å². The molecule has 0 fully saturated rings. The predicted molar refractivity (Wildman–Crippen MR) is 89.5 cm³/mol. The number of ether oxygens (including phenoxy) is 1. The number of aryl methyl sites for hydroxylation is 1. The zero-order valence-electron chi connectivity index (χ0n) is 13.9. The summed E-state index contributed by atoms with van der Waals surface area (Å²) in [5.74, 6) is 0.621. The standard InChI is InChI=1S/C18H22N2O3/c1-13-9-10-19-16(11-13)20(17(22)23-18(2,3)4)12-14-7-5-6-8-15(14)21/h5-11,21H,12H2,1-4H3. The van der Waals surface area contributed by atoms with Gasteiger partial charge in [-0.2, -0.15) is 0 Å². The highest BCUT2D eigenvalue weighted by atomic mass is 16.6. The van der Waals surface area contributed by atoms with Crippen molar-refractivity contribution in [1.29, 1.82) is 0 Å². The topological polar surface area (TPSA) is 62.7 Å². The number of para-hydroxylation sites is 1. The van der Waals surface area contributed by atoms with Gasteiger partial charge >= 0.3 is 6.09 Å². The number of benzene rings is 1. The first-order valence-corrected chi connectivity index (χ1v) is 7.46. The van der Waals surface area contributed by atoms with E-state index in [1.165, 1.54) is 4.90 Å². The molecule has 0 aliphatic heterocycles. The molecule has 23 heavy (non-hydrogen) atoms. The fourth-order valence-electron chi connectivity index (χ4n) is 2.04. The molecule has 5 nitrogen and oxygen atoms in total. The number of pyridine rings is 1. The summed E-state index contributed by atoms with van der Waals surface area (Å²) in [4.78, 5) is 18.3. The maximum absolute atomic E-state index is 12.6. The van der Waals surface area contributed by atoms with E-state index in [9.17, 15) is 9.90 Å². The molecule has 2 aromatic rings. The van der Waals surface area contributed by atoms with Crippen molar-refractivity contribution >= 4 is 11.9 Å². The van der Waals surface area contributed by atoms with Gasteiger partial charge in [0.1, 0.15) is 17.2 Å². The number of rotatable bonds is 3. The second kappa shape index (κ2) is 6.69. The minimum atomic E-state index is -0.613. The Balaban J connectivity index is 2.35. The van der Waals surface area contributed by atoms with E-state index in [-0.39, 0.29) is 12.3 Å². The van der Waals surface area contributed by atoms with Gasteiger partial charge in [0.05, 0.1) is 6.54 Å². The number of aromatic hydroxyl groups is 1. The zero-order chi connectivity index (χ0) is 17.0. The van der Waals surface area contributed by atoms with Crippen molar-refractivity contribution in [2.75, 3.05) is 4.90 Å². The SMILES string of the molecule is Cc1ccnc(N(Cc2ccccc2O)C(=O)OC(C)(C)C)c1. The summed E-state index contributed by atoms with van der Waals surface area (Å²) >= 11 is 0. The molecule has 5 heteroatoms. The molecule has 0 bridgehead atoms. The second-order valence-corrected chi connectivity index (χ2v) is 6.39. The lowest BCUT2D eigenvalue weighted by Gasteiger charge is -2.27. The molecule has 0 radical (unpaired) electrons. The smallest absolute Gasteiger partial charge is 0.416 e. The highest BCUT2D eigenvalue weighted by Crippen LogP contribution is 2.23. The molecule has 0 aliphatic rings. The van der Waals surface area contributed by atoms with Crippen LogP contribution in [0.5, 0.6) is 5.75 Å². The minimum Gasteiger partial charge on any atom is -0.508 e. The molecule has 0 saturated carbocycles. The molecule has 1 aromatic heterocycles. The average Bonchev–Trinajstić information content (AvgIpc) is 2.44. The van der Waals surface area contributed by atoms with Crippen LogP contribution in [0.1, 0.15) is 31.9 Å². The fourth-order valence-corrected chi connectivity index (χ4v) is 2.04. The van der Waals surface area contributed by atoms with Crippen molar-refractivity contribution in [2.45, 2.75) is 39.8 Å². The molecular formula is C18H22N2O3.